The molecule has 0 amide bonds. The largest absolute Gasteiger partial charge is 0.103 e. The lowest BCUT2D eigenvalue weighted by Crippen LogP contribution is -2.01. The van der Waals surface area contributed by atoms with Crippen LogP contribution in [0.25, 0.3) is 0 Å². The van der Waals surface area contributed by atoms with Gasteiger partial charge in [0.05, 0.1) is 0 Å². The van der Waals surface area contributed by atoms with Crippen molar-refractivity contribution in [3.05, 3.63) is 12.7 Å². The van der Waals surface area contributed by atoms with Gasteiger partial charge in [0, 0.05) is 5.33 Å². The molecule has 0 fully saturated rings. The van der Waals surface area contributed by atoms with Crippen LogP contribution in [0, 0.1) is 5.92 Å². The quantitative estimate of drug-likeness (QED) is 0.257. The molecule has 0 rings (SSSR count). The molecule has 0 N–H and O–H groups in total. The Labute approximate surface area is 105 Å². The van der Waals surface area contributed by atoms with Gasteiger partial charge in [-0.3, -0.25) is 0 Å². The fraction of sp³-hybridized carbons (Fsp3) is 0.857. The van der Waals surface area contributed by atoms with Crippen molar-refractivity contribution in [2.24, 2.45) is 5.92 Å². The molecule has 0 radical (unpaired) electrons. The SMILES string of the molecule is C=CCCCCC(CCCC)CCCBr. The number of rotatable bonds is 11. The molecule has 15 heavy (non-hydrogen) atoms. The molecule has 0 saturated heterocycles. The van der Waals surface area contributed by atoms with Crippen molar-refractivity contribution < 1.29 is 0 Å². The first kappa shape index (κ1) is 15.2. The van der Waals surface area contributed by atoms with Gasteiger partial charge in [-0.25, -0.2) is 0 Å². The summed E-state index contributed by atoms with van der Waals surface area (Å²) in [6.45, 7) is 6.06. The summed E-state index contributed by atoms with van der Waals surface area (Å²) in [6, 6.07) is 0. The van der Waals surface area contributed by atoms with E-state index in [1.807, 2.05) is 6.08 Å². The number of halogens is 1. The molecule has 0 nitrogen and oxygen atoms in total. The Kier molecular flexibility index (Phi) is 12.5. The smallest absolute Gasteiger partial charge is 0.00314 e. The highest BCUT2D eigenvalue weighted by molar-refractivity contribution is 9.09. The molecular formula is C14H27Br. The van der Waals surface area contributed by atoms with Gasteiger partial charge in [0.2, 0.25) is 0 Å². The minimum atomic E-state index is 0.979. The third-order valence-corrected chi connectivity index (χ3v) is 3.54. The van der Waals surface area contributed by atoms with Crippen molar-refractivity contribution in [3.8, 4) is 0 Å². The summed E-state index contributed by atoms with van der Waals surface area (Å²) in [6.07, 6.45) is 14.3. The van der Waals surface area contributed by atoms with E-state index in [-0.39, 0.29) is 0 Å². The van der Waals surface area contributed by atoms with Crippen LogP contribution in [-0.4, -0.2) is 5.33 Å². The van der Waals surface area contributed by atoms with Gasteiger partial charge in [0.1, 0.15) is 0 Å². The van der Waals surface area contributed by atoms with E-state index in [1.54, 1.807) is 0 Å². The van der Waals surface area contributed by atoms with Crippen LogP contribution in [0.15, 0.2) is 12.7 Å². The second-order valence-electron chi connectivity index (χ2n) is 4.41. The first-order valence-electron chi connectivity index (χ1n) is 6.52. The van der Waals surface area contributed by atoms with Crippen LogP contribution in [0.2, 0.25) is 0 Å². The van der Waals surface area contributed by atoms with E-state index in [4.69, 9.17) is 0 Å². The highest BCUT2D eigenvalue weighted by atomic mass is 79.9. The predicted octanol–water partition coefficient (Wildman–Crippen LogP) is 5.71. The van der Waals surface area contributed by atoms with Crippen molar-refractivity contribution in [3.63, 3.8) is 0 Å². The van der Waals surface area contributed by atoms with Gasteiger partial charge in [-0.15, -0.1) is 6.58 Å². The van der Waals surface area contributed by atoms with Gasteiger partial charge in [-0.2, -0.15) is 0 Å². The first-order chi connectivity index (χ1) is 7.35. The topological polar surface area (TPSA) is 0 Å². The summed E-state index contributed by atoms with van der Waals surface area (Å²) in [5, 5.41) is 1.17. The summed E-state index contributed by atoms with van der Waals surface area (Å²) in [5.74, 6) is 0.979. The summed E-state index contributed by atoms with van der Waals surface area (Å²) in [4.78, 5) is 0. The van der Waals surface area contributed by atoms with Gasteiger partial charge in [-0.1, -0.05) is 61.0 Å². The zero-order chi connectivity index (χ0) is 11.4. The monoisotopic (exact) mass is 274 g/mol. The Morgan fingerprint density at radius 3 is 2.33 bits per heavy atom. The van der Waals surface area contributed by atoms with Crippen molar-refractivity contribution in [2.45, 2.75) is 64.7 Å². The van der Waals surface area contributed by atoms with E-state index in [2.05, 4.69) is 29.4 Å². The van der Waals surface area contributed by atoms with E-state index >= 15 is 0 Å². The fourth-order valence-corrected chi connectivity index (χ4v) is 2.34. The number of hydrogen-bond donors (Lipinski definition) is 0. The van der Waals surface area contributed by atoms with Crippen molar-refractivity contribution in [1.29, 1.82) is 0 Å². The molecule has 0 heterocycles. The molecule has 0 aromatic carbocycles. The van der Waals surface area contributed by atoms with Crippen LogP contribution in [0.5, 0.6) is 0 Å². The third kappa shape index (κ3) is 10.5. The van der Waals surface area contributed by atoms with Crippen LogP contribution in [0.4, 0.5) is 0 Å². The molecule has 0 aliphatic rings. The van der Waals surface area contributed by atoms with Gasteiger partial charge < -0.3 is 0 Å². The highest BCUT2D eigenvalue weighted by Crippen LogP contribution is 2.22. The molecular weight excluding hydrogens is 248 g/mol. The van der Waals surface area contributed by atoms with E-state index in [9.17, 15) is 0 Å². The maximum Gasteiger partial charge on any atom is 0.00314 e. The van der Waals surface area contributed by atoms with Crippen molar-refractivity contribution in [2.75, 3.05) is 5.33 Å². The zero-order valence-corrected chi connectivity index (χ0v) is 11.9. The predicted molar refractivity (Wildman–Crippen MR) is 74.7 cm³/mol. The number of hydrogen-bond acceptors (Lipinski definition) is 0. The molecule has 1 heteroatoms. The van der Waals surface area contributed by atoms with Crippen LogP contribution in [-0.2, 0) is 0 Å². The van der Waals surface area contributed by atoms with Crippen LogP contribution in [0.1, 0.15) is 64.7 Å². The fourth-order valence-electron chi connectivity index (χ4n) is 2.01. The van der Waals surface area contributed by atoms with Crippen LogP contribution < -0.4 is 0 Å². The average Bonchev–Trinajstić information content (AvgIpc) is 2.27. The van der Waals surface area contributed by atoms with E-state index in [0.29, 0.717) is 0 Å². The normalized spacial score (nSPS) is 12.7. The Morgan fingerprint density at radius 2 is 1.73 bits per heavy atom. The minimum Gasteiger partial charge on any atom is -0.103 e. The molecule has 0 aromatic heterocycles. The third-order valence-electron chi connectivity index (χ3n) is 2.98. The van der Waals surface area contributed by atoms with Crippen molar-refractivity contribution >= 4 is 15.9 Å². The molecule has 1 unspecified atom stereocenters. The maximum atomic E-state index is 3.77. The Hall–Kier alpha value is 0.220. The highest BCUT2D eigenvalue weighted by Gasteiger charge is 2.07. The zero-order valence-electron chi connectivity index (χ0n) is 10.3. The van der Waals surface area contributed by atoms with E-state index in [0.717, 1.165) is 5.92 Å². The van der Waals surface area contributed by atoms with Gasteiger partial charge in [0.15, 0.2) is 0 Å². The second-order valence-corrected chi connectivity index (χ2v) is 5.21. The standard InChI is InChI=1S/C14H27Br/c1-3-5-7-8-11-14(10-6-4-2)12-9-13-15/h3,14H,1,4-13H2,2H3. The average molecular weight is 275 g/mol. The first-order valence-corrected chi connectivity index (χ1v) is 7.64. The molecule has 0 spiro atoms. The summed E-state index contributed by atoms with van der Waals surface area (Å²) in [5.41, 5.74) is 0. The molecule has 0 aliphatic carbocycles. The molecule has 0 bridgehead atoms. The lowest BCUT2D eigenvalue weighted by Gasteiger charge is -2.15. The maximum absolute atomic E-state index is 3.77. The van der Waals surface area contributed by atoms with E-state index < -0.39 is 0 Å². The lowest BCUT2D eigenvalue weighted by molar-refractivity contribution is 0.389. The molecule has 1 atom stereocenters. The lowest BCUT2D eigenvalue weighted by atomic mass is 9.91. The summed E-state index contributed by atoms with van der Waals surface area (Å²) >= 11 is 3.53. The van der Waals surface area contributed by atoms with Crippen LogP contribution in [0.3, 0.4) is 0 Å². The van der Waals surface area contributed by atoms with E-state index in [1.165, 1.54) is 63.1 Å². The Balaban J connectivity index is 3.53. The number of allylic oxidation sites excluding steroid dienone is 1. The molecule has 0 aliphatic heterocycles. The van der Waals surface area contributed by atoms with Crippen LogP contribution >= 0.6 is 15.9 Å². The molecule has 0 saturated carbocycles. The Bertz CT molecular complexity index is 123. The second kappa shape index (κ2) is 12.3. The van der Waals surface area contributed by atoms with Gasteiger partial charge >= 0.3 is 0 Å². The Morgan fingerprint density at radius 1 is 1.07 bits per heavy atom. The summed E-state index contributed by atoms with van der Waals surface area (Å²) in [7, 11) is 0. The number of alkyl halides is 1. The molecule has 0 aromatic rings. The minimum absolute atomic E-state index is 0.979. The van der Waals surface area contributed by atoms with Gasteiger partial charge in [0.25, 0.3) is 0 Å². The molecule has 90 valence electrons. The van der Waals surface area contributed by atoms with Gasteiger partial charge in [-0.05, 0) is 31.6 Å². The summed E-state index contributed by atoms with van der Waals surface area (Å²) < 4.78 is 0. The van der Waals surface area contributed by atoms with Crippen molar-refractivity contribution in [1.82, 2.24) is 0 Å². The number of unbranched alkanes of at least 4 members (excludes halogenated alkanes) is 3.